The number of nitrogens with one attached hydrogen (secondary N) is 1. The number of aryl methyl sites for hydroxylation is 1. The molecule has 22 heavy (non-hydrogen) atoms. The van der Waals surface area contributed by atoms with Crippen LogP contribution in [0.5, 0.6) is 0 Å². The van der Waals surface area contributed by atoms with Crippen molar-refractivity contribution in [3.63, 3.8) is 0 Å². The molecule has 0 spiro atoms. The Kier molecular flexibility index (Phi) is 5.98. The molecule has 0 aliphatic carbocycles. The van der Waals surface area contributed by atoms with Gasteiger partial charge in [-0.25, -0.2) is 0 Å². The summed E-state index contributed by atoms with van der Waals surface area (Å²) >= 11 is 0. The van der Waals surface area contributed by atoms with E-state index in [9.17, 15) is 4.79 Å². The van der Waals surface area contributed by atoms with E-state index in [1.165, 1.54) is 11.1 Å². The number of benzene rings is 1. The second-order valence-corrected chi connectivity index (χ2v) is 6.67. The number of carbonyl (C=O) groups excluding carboxylic acids is 1. The molecule has 0 unspecified atom stereocenters. The highest BCUT2D eigenvalue weighted by molar-refractivity contribution is 5.77. The normalized spacial score (nSPS) is 18.4. The Morgan fingerprint density at radius 2 is 1.73 bits per heavy atom. The van der Waals surface area contributed by atoms with E-state index in [-0.39, 0.29) is 17.9 Å². The Hall–Kier alpha value is -1.39. The maximum atomic E-state index is 11.9. The molecule has 1 aliphatic heterocycles. The second kappa shape index (κ2) is 7.75. The van der Waals surface area contributed by atoms with Crippen molar-refractivity contribution >= 4 is 5.91 Å². The molecule has 0 aromatic heterocycles. The summed E-state index contributed by atoms with van der Waals surface area (Å²) in [6.07, 6.45) is 0. The van der Waals surface area contributed by atoms with Gasteiger partial charge in [-0.15, -0.1) is 0 Å². The summed E-state index contributed by atoms with van der Waals surface area (Å²) in [5, 5.41) is 3.11. The maximum Gasteiger partial charge on any atom is 0.222 e. The van der Waals surface area contributed by atoms with Gasteiger partial charge in [0, 0.05) is 38.6 Å². The van der Waals surface area contributed by atoms with Gasteiger partial charge in [0.05, 0.1) is 6.04 Å². The first-order chi connectivity index (χ1) is 10.5. The standard InChI is InChI=1S/C18H29N3O/c1-14(2)18(22)19-13-17(16-7-5-15(3)6-8-16)21-11-9-20(4)10-12-21/h5-8,14,17H,9-13H2,1-4H3,(H,19,22)/t17-/m0/s1. The molecule has 1 heterocycles. The fraction of sp³-hybridized carbons (Fsp3) is 0.611. The molecule has 2 rings (SSSR count). The van der Waals surface area contributed by atoms with E-state index in [2.05, 4.69) is 53.4 Å². The first-order valence-electron chi connectivity index (χ1n) is 8.24. The Morgan fingerprint density at radius 3 is 2.27 bits per heavy atom. The van der Waals surface area contributed by atoms with Crippen LogP contribution in [0.3, 0.4) is 0 Å². The van der Waals surface area contributed by atoms with Gasteiger partial charge >= 0.3 is 0 Å². The van der Waals surface area contributed by atoms with Crippen LogP contribution in [0.25, 0.3) is 0 Å². The van der Waals surface area contributed by atoms with Crippen molar-refractivity contribution in [3.8, 4) is 0 Å². The van der Waals surface area contributed by atoms with Gasteiger partial charge in [-0.1, -0.05) is 43.7 Å². The lowest BCUT2D eigenvalue weighted by Gasteiger charge is -2.38. The maximum absolute atomic E-state index is 11.9. The van der Waals surface area contributed by atoms with Crippen molar-refractivity contribution in [3.05, 3.63) is 35.4 Å². The minimum Gasteiger partial charge on any atom is -0.354 e. The molecule has 4 heteroatoms. The van der Waals surface area contributed by atoms with Crippen LogP contribution in [0.4, 0.5) is 0 Å². The quantitative estimate of drug-likeness (QED) is 0.904. The third kappa shape index (κ3) is 4.55. The van der Waals surface area contributed by atoms with Crippen molar-refractivity contribution in [2.24, 2.45) is 5.92 Å². The van der Waals surface area contributed by atoms with E-state index < -0.39 is 0 Å². The molecule has 4 nitrogen and oxygen atoms in total. The molecular weight excluding hydrogens is 274 g/mol. The number of amides is 1. The van der Waals surface area contributed by atoms with Crippen LogP contribution in [-0.2, 0) is 4.79 Å². The zero-order chi connectivity index (χ0) is 16.1. The van der Waals surface area contributed by atoms with Crippen LogP contribution in [0.2, 0.25) is 0 Å². The van der Waals surface area contributed by atoms with Crippen LogP contribution < -0.4 is 5.32 Å². The van der Waals surface area contributed by atoms with Gasteiger partial charge in [0.25, 0.3) is 0 Å². The Bertz CT molecular complexity index is 476. The smallest absolute Gasteiger partial charge is 0.222 e. The van der Waals surface area contributed by atoms with E-state index in [0.717, 1.165) is 26.2 Å². The molecular formula is C18H29N3O. The second-order valence-electron chi connectivity index (χ2n) is 6.67. The molecule has 1 saturated heterocycles. The van der Waals surface area contributed by atoms with E-state index in [1.54, 1.807) is 0 Å². The summed E-state index contributed by atoms with van der Waals surface area (Å²) in [4.78, 5) is 16.8. The number of piperazine rings is 1. The highest BCUT2D eigenvalue weighted by atomic mass is 16.1. The van der Waals surface area contributed by atoms with Crippen LogP contribution in [-0.4, -0.2) is 55.5 Å². The van der Waals surface area contributed by atoms with Gasteiger partial charge < -0.3 is 10.2 Å². The van der Waals surface area contributed by atoms with Crippen molar-refractivity contribution in [1.29, 1.82) is 0 Å². The summed E-state index contributed by atoms with van der Waals surface area (Å²) < 4.78 is 0. The van der Waals surface area contributed by atoms with Crippen LogP contribution >= 0.6 is 0 Å². The predicted molar refractivity (Wildman–Crippen MR) is 90.8 cm³/mol. The summed E-state index contributed by atoms with van der Waals surface area (Å²) in [7, 11) is 2.17. The average Bonchev–Trinajstić information content (AvgIpc) is 2.50. The number of likely N-dealkylation sites (N-methyl/N-ethyl adjacent to an activating group) is 1. The molecule has 1 N–H and O–H groups in total. The molecule has 1 aromatic carbocycles. The van der Waals surface area contributed by atoms with Gasteiger partial charge in [-0.2, -0.15) is 0 Å². The van der Waals surface area contributed by atoms with Gasteiger partial charge in [0.15, 0.2) is 0 Å². The minimum atomic E-state index is 0.0335. The number of hydrogen-bond donors (Lipinski definition) is 1. The zero-order valence-corrected chi connectivity index (χ0v) is 14.3. The lowest BCUT2D eigenvalue weighted by Crippen LogP contribution is -2.48. The molecule has 0 radical (unpaired) electrons. The van der Waals surface area contributed by atoms with Crippen LogP contribution in [0.1, 0.15) is 31.0 Å². The molecule has 1 aromatic rings. The van der Waals surface area contributed by atoms with Crippen molar-refractivity contribution < 1.29 is 4.79 Å². The van der Waals surface area contributed by atoms with Gasteiger partial charge in [-0.05, 0) is 19.5 Å². The topological polar surface area (TPSA) is 35.6 Å². The lowest BCUT2D eigenvalue weighted by atomic mass is 10.0. The molecule has 1 atom stereocenters. The zero-order valence-electron chi connectivity index (χ0n) is 14.3. The molecule has 122 valence electrons. The first-order valence-corrected chi connectivity index (χ1v) is 8.24. The number of rotatable bonds is 5. The minimum absolute atomic E-state index is 0.0335. The highest BCUT2D eigenvalue weighted by Crippen LogP contribution is 2.22. The number of nitrogens with zero attached hydrogens (tertiary/aromatic N) is 2. The Labute approximate surface area is 134 Å². The third-order valence-corrected chi connectivity index (χ3v) is 4.43. The highest BCUT2D eigenvalue weighted by Gasteiger charge is 2.24. The SMILES string of the molecule is Cc1ccc([C@H](CNC(=O)C(C)C)N2CCN(C)CC2)cc1. The molecule has 1 amide bonds. The molecule has 1 fully saturated rings. The van der Waals surface area contributed by atoms with Crippen LogP contribution in [0.15, 0.2) is 24.3 Å². The molecule has 0 bridgehead atoms. The number of carbonyl (C=O) groups is 1. The van der Waals surface area contributed by atoms with Crippen LogP contribution in [0, 0.1) is 12.8 Å². The van der Waals surface area contributed by atoms with Gasteiger partial charge in [0.1, 0.15) is 0 Å². The summed E-state index contributed by atoms with van der Waals surface area (Å²) in [6, 6.07) is 8.96. The fourth-order valence-electron chi connectivity index (χ4n) is 2.78. The third-order valence-electron chi connectivity index (χ3n) is 4.43. The fourth-order valence-corrected chi connectivity index (χ4v) is 2.78. The molecule has 0 saturated carbocycles. The summed E-state index contributed by atoms with van der Waals surface area (Å²) in [6.45, 7) is 10.9. The van der Waals surface area contributed by atoms with E-state index in [4.69, 9.17) is 0 Å². The molecule has 1 aliphatic rings. The predicted octanol–water partition coefficient (Wildman–Crippen LogP) is 2.06. The van der Waals surface area contributed by atoms with Crippen molar-refractivity contribution in [1.82, 2.24) is 15.1 Å². The first kappa shape index (κ1) is 17.0. The summed E-state index contributed by atoms with van der Waals surface area (Å²) in [5.74, 6) is 0.164. The Morgan fingerprint density at radius 1 is 1.14 bits per heavy atom. The lowest BCUT2D eigenvalue weighted by molar-refractivity contribution is -0.124. The monoisotopic (exact) mass is 303 g/mol. The number of hydrogen-bond acceptors (Lipinski definition) is 3. The van der Waals surface area contributed by atoms with Crippen molar-refractivity contribution in [2.75, 3.05) is 39.8 Å². The van der Waals surface area contributed by atoms with Crippen molar-refractivity contribution in [2.45, 2.75) is 26.8 Å². The average molecular weight is 303 g/mol. The van der Waals surface area contributed by atoms with Gasteiger partial charge in [-0.3, -0.25) is 9.69 Å². The Balaban J connectivity index is 2.09. The van der Waals surface area contributed by atoms with Gasteiger partial charge in [0.2, 0.25) is 5.91 Å². The van der Waals surface area contributed by atoms with E-state index in [0.29, 0.717) is 6.54 Å². The van der Waals surface area contributed by atoms with E-state index in [1.807, 2.05) is 13.8 Å². The van der Waals surface area contributed by atoms with E-state index >= 15 is 0 Å². The largest absolute Gasteiger partial charge is 0.354 e. The summed E-state index contributed by atoms with van der Waals surface area (Å²) in [5.41, 5.74) is 2.56.